The van der Waals surface area contributed by atoms with Crippen molar-refractivity contribution in [2.24, 2.45) is 0 Å². The summed E-state index contributed by atoms with van der Waals surface area (Å²) >= 11 is 0. The first-order valence-electron chi connectivity index (χ1n) is 20.7. The lowest BCUT2D eigenvalue weighted by molar-refractivity contribution is 0.620. The number of benzene rings is 10. The van der Waals surface area contributed by atoms with Crippen molar-refractivity contribution >= 4 is 71.5 Å². The average molecular weight is 780 g/mol. The summed E-state index contributed by atoms with van der Waals surface area (Å²) in [7, 11) is 0. The minimum Gasteiger partial charge on any atom is -0.436 e. The highest BCUT2D eigenvalue weighted by molar-refractivity contribution is 6.22. The van der Waals surface area contributed by atoms with E-state index in [2.05, 4.69) is 198 Å². The predicted octanol–water partition coefficient (Wildman–Crippen LogP) is 15.7. The van der Waals surface area contributed by atoms with Crippen molar-refractivity contribution in [1.29, 1.82) is 0 Å². The molecule has 4 nitrogen and oxygen atoms in total. The van der Waals surface area contributed by atoms with Crippen molar-refractivity contribution in [3.8, 4) is 39.4 Å². The maximum atomic E-state index is 6.15. The van der Waals surface area contributed by atoms with E-state index in [9.17, 15) is 0 Å². The van der Waals surface area contributed by atoms with Gasteiger partial charge in [0.05, 0.1) is 16.7 Å². The van der Waals surface area contributed by atoms with Gasteiger partial charge in [-0.2, -0.15) is 0 Å². The molecule has 0 saturated carbocycles. The van der Waals surface area contributed by atoms with Gasteiger partial charge in [0.1, 0.15) is 5.52 Å². The van der Waals surface area contributed by atoms with Crippen LogP contribution in [0.4, 0.5) is 17.1 Å². The molecule has 0 saturated heterocycles. The van der Waals surface area contributed by atoms with Crippen LogP contribution in [0.5, 0.6) is 0 Å². The summed E-state index contributed by atoms with van der Waals surface area (Å²) in [4.78, 5) is 7.28. The third kappa shape index (κ3) is 5.88. The predicted molar refractivity (Wildman–Crippen MR) is 254 cm³/mol. The second-order valence-electron chi connectivity index (χ2n) is 15.5. The first-order valence-corrected chi connectivity index (χ1v) is 20.7. The third-order valence-corrected chi connectivity index (χ3v) is 12.0. The Labute approximate surface area is 352 Å². The lowest BCUT2D eigenvalue weighted by Crippen LogP contribution is -2.10. The SMILES string of the molecule is c1ccc(-c2nc3cc(-c4ccc(N(c5ccc6c(c5)c5c7ccccc7ccc5n6-c5ccccc5)c5ccc(-c6ccccc6)c6ccccc56)cc4)ccc3o2)cc1. The van der Waals surface area contributed by atoms with Crippen molar-refractivity contribution in [3.05, 3.63) is 224 Å². The van der Waals surface area contributed by atoms with E-state index in [1.165, 1.54) is 54.5 Å². The fourth-order valence-corrected chi connectivity index (χ4v) is 9.16. The Bertz CT molecular complexity index is 3570. The van der Waals surface area contributed by atoms with Crippen molar-refractivity contribution < 1.29 is 4.42 Å². The van der Waals surface area contributed by atoms with Crippen LogP contribution in [0, 0.1) is 0 Å². The van der Waals surface area contributed by atoms with Crippen LogP contribution in [0.1, 0.15) is 0 Å². The maximum Gasteiger partial charge on any atom is 0.227 e. The molecular weight excluding hydrogens is 743 g/mol. The molecule has 0 bridgehead atoms. The Hall–Kier alpha value is -8.21. The highest BCUT2D eigenvalue weighted by Crippen LogP contribution is 2.45. The molecular formula is C57H37N3O. The van der Waals surface area contributed by atoms with E-state index in [0.717, 1.165) is 50.5 Å². The van der Waals surface area contributed by atoms with E-state index < -0.39 is 0 Å². The van der Waals surface area contributed by atoms with Gasteiger partial charge >= 0.3 is 0 Å². The van der Waals surface area contributed by atoms with Gasteiger partial charge in [-0.3, -0.25) is 0 Å². The topological polar surface area (TPSA) is 34.2 Å². The maximum absolute atomic E-state index is 6.15. The summed E-state index contributed by atoms with van der Waals surface area (Å²) in [6.45, 7) is 0. The van der Waals surface area contributed by atoms with Crippen LogP contribution in [0.3, 0.4) is 0 Å². The van der Waals surface area contributed by atoms with Gasteiger partial charge in [-0.05, 0) is 117 Å². The van der Waals surface area contributed by atoms with Crippen molar-refractivity contribution in [2.75, 3.05) is 4.90 Å². The minimum atomic E-state index is 0.626. The Morgan fingerprint density at radius 1 is 0.410 bits per heavy atom. The largest absolute Gasteiger partial charge is 0.436 e. The van der Waals surface area contributed by atoms with Crippen LogP contribution < -0.4 is 4.90 Å². The monoisotopic (exact) mass is 779 g/mol. The molecule has 4 heteroatoms. The standard InChI is InChI=1S/C57H37N3O/c1-4-14-39(15-5-1)46-31-34-52(49-23-13-12-22-48(46)49)59(44-28-24-38(25-29-44)42-27-35-55-51(36-42)58-57(61-55)41-17-6-2-7-18-41)45-30-33-53-50(37-45)56-47-21-11-10-16-40(47)26-32-54(56)60(53)43-19-8-3-9-20-43/h1-37H. The van der Waals surface area contributed by atoms with Crippen LogP contribution in [-0.4, -0.2) is 9.55 Å². The molecule has 0 radical (unpaired) electrons. The molecule has 12 aromatic rings. The first-order chi connectivity index (χ1) is 30.2. The zero-order valence-corrected chi connectivity index (χ0v) is 33.1. The quantitative estimate of drug-likeness (QED) is 0.162. The second kappa shape index (κ2) is 14.3. The highest BCUT2D eigenvalue weighted by Gasteiger charge is 2.21. The summed E-state index contributed by atoms with van der Waals surface area (Å²) in [6, 6.07) is 80.2. The van der Waals surface area contributed by atoms with Crippen LogP contribution in [0.2, 0.25) is 0 Å². The summed E-state index contributed by atoms with van der Waals surface area (Å²) in [6.07, 6.45) is 0. The molecule has 0 aliphatic rings. The van der Waals surface area contributed by atoms with Crippen LogP contribution >= 0.6 is 0 Å². The number of para-hydroxylation sites is 1. The molecule has 0 unspecified atom stereocenters. The molecule has 0 aliphatic heterocycles. The van der Waals surface area contributed by atoms with E-state index in [-0.39, 0.29) is 0 Å². The highest BCUT2D eigenvalue weighted by atomic mass is 16.3. The first kappa shape index (κ1) is 34.8. The molecule has 0 amide bonds. The van der Waals surface area contributed by atoms with E-state index in [4.69, 9.17) is 9.40 Å². The lowest BCUT2D eigenvalue weighted by atomic mass is 9.96. The smallest absolute Gasteiger partial charge is 0.227 e. The Kier molecular flexibility index (Phi) is 8.13. The zero-order chi connectivity index (χ0) is 40.3. The van der Waals surface area contributed by atoms with Gasteiger partial charge in [0.2, 0.25) is 5.89 Å². The zero-order valence-electron chi connectivity index (χ0n) is 33.1. The normalized spacial score (nSPS) is 11.6. The average Bonchev–Trinajstić information content (AvgIpc) is 3.92. The fourth-order valence-electron chi connectivity index (χ4n) is 9.16. The molecule has 286 valence electrons. The molecule has 61 heavy (non-hydrogen) atoms. The second-order valence-corrected chi connectivity index (χ2v) is 15.5. The van der Waals surface area contributed by atoms with Gasteiger partial charge in [-0.1, -0.05) is 146 Å². The minimum absolute atomic E-state index is 0.626. The lowest BCUT2D eigenvalue weighted by Gasteiger charge is -2.28. The third-order valence-electron chi connectivity index (χ3n) is 12.0. The van der Waals surface area contributed by atoms with Crippen molar-refractivity contribution in [3.63, 3.8) is 0 Å². The Morgan fingerprint density at radius 3 is 1.84 bits per heavy atom. The number of nitrogens with zero attached hydrogens (tertiary/aromatic N) is 3. The van der Waals surface area contributed by atoms with Crippen LogP contribution in [0.15, 0.2) is 229 Å². The molecule has 2 aromatic heterocycles. The van der Waals surface area contributed by atoms with Gasteiger partial charge in [0.15, 0.2) is 5.58 Å². The van der Waals surface area contributed by atoms with E-state index in [0.29, 0.717) is 5.89 Å². The number of hydrogen-bond donors (Lipinski definition) is 0. The number of hydrogen-bond acceptors (Lipinski definition) is 3. The Balaban J connectivity index is 1.05. The molecule has 12 rings (SSSR count). The van der Waals surface area contributed by atoms with Crippen molar-refractivity contribution in [1.82, 2.24) is 9.55 Å². The molecule has 0 atom stereocenters. The molecule has 0 aliphatic carbocycles. The van der Waals surface area contributed by atoms with E-state index >= 15 is 0 Å². The van der Waals surface area contributed by atoms with Gasteiger partial charge in [-0.25, -0.2) is 4.98 Å². The summed E-state index contributed by atoms with van der Waals surface area (Å²) < 4.78 is 8.55. The Morgan fingerprint density at radius 2 is 1.05 bits per heavy atom. The summed E-state index contributed by atoms with van der Waals surface area (Å²) in [5, 5.41) is 7.30. The molecule has 2 heterocycles. The fraction of sp³-hybridized carbons (Fsp3) is 0. The molecule has 0 fully saturated rings. The van der Waals surface area contributed by atoms with Crippen LogP contribution in [-0.2, 0) is 0 Å². The van der Waals surface area contributed by atoms with Gasteiger partial charge in [0.25, 0.3) is 0 Å². The number of fused-ring (bicyclic) bond motifs is 7. The number of oxazole rings is 1. The van der Waals surface area contributed by atoms with Crippen molar-refractivity contribution in [2.45, 2.75) is 0 Å². The summed E-state index contributed by atoms with van der Waals surface area (Å²) in [5.41, 5.74) is 13.9. The van der Waals surface area contributed by atoms with Crippen LogP contribution in [0.25, 0.3) is 93.8 Å². The van der Waals surface area contributed by atoms with E-state index in [1.807, 2.05) is 36.4 Å². The van der Waals surface area contributed by atoms with Gasteiger partial charge in [-0.15, -0.1) is 0 Å². The van der Waals surface area contributed by atoms with Gasteiger partial charge in [0, 0.05) is 38.8 Å². The summed E-state index contributed by atoms with van der Waals surface area (Å²) in [5.74, 6) is 0.626. The van der Waals surface area contributed by atoms with E-state index in [1.54, 1.807) is 0 Å². The number of rotatable bonds is 7. The molecule has 0 spiro atoms. The number of anilines is 3. The molecule has 0 N–H and O–H groups in total. The van der Waals surface area contributed by atoms with Gasteiger partial charge < -0.3 is 13.9 Å². The number of aromatic nitrogens is 2. The molecule has 10 aromatic carbocycles.